The van der Waals surface area contributed by atoms with Crippen LogP contribution >= 0.6 is 0 Å². The Morgan fingerprint density at radius 1 is 1.26 bits per heavy atom. The van der Waals surface area contributed by atoms with Crippen LogP contribution in [0, 0.1) is 17.1 Å². The van der Waals surface area contributed by atoms with Crippen molar-refractivity contribution in [3.63, 3.8) is 0 Å². The van der Waals surface area contributed by atoms with Crippen molar-refractivity contribution in [1.29, 1.82) is 5.26 Å². The summed E-state index contributed by atoms with van der Waals surface area (Å²) in [5, 5.41) is 9.54. The molecule has 0 amide bonds. The summed E-state index contributed by atoms with van der Waals surface area (Å²) in [6, 6.07) is 7.30. The van der Waals surface area contributed by atoms with Crippen LogP contribution in [-0.4, -0.2) is 11.9 Å². The quantitative estimate of drug-likeness (QED) is 0.439. The molecular formula is C24H19F4NO2. The van der Waals surface area contributed by atoms with Gasteiger partial charge in [0.15, 0.2) is 6.10 Å². The van der Waals surface area contributed by atoms with Gasteiger partial charge in [0, 0.05) is 24.8 Å². The predicted octanol–water partition coefficient (Wildman–Crippen LogP) is 6.07. The number of halogens is 4. The summed E-state index contributed by atoms with van der Waals surface area (Å²) in [6.07, 6.45) is -2.08. The number of ether oxygens (including phenoxy) is 1. The van der Waals surface area contributed by atoms with Crippen LogP contribution in [0.25, 0.3) is 6.08 Å². The number of hydrogen-bond donors (Lipinski definition) is 0. The fraction of sp³-hybridized carbons (Fsp3) is 0.333. The van der Waals surface area contributed by atoms with Crippen LogP contribution in [-0.2, 0) is 16.0 Å². The number of esters is 1. The van der Waals surface area contributed by atoms with Crippen molar-refractivity contribution in [2.24, 2.45) is 0 Å². The summed E-state index contributed by atoms with van der Waals surface area (Å²) in [4.78, 5) is 11.5. The molecule has 4 rings (SSSR count). The molecule has 0 heterocycles. The van der Waals surface area contributed by atoms with Crippen molar-refractivity contribution in [2.45, 2.75) is 50.3 Å². The summed E-state index contributed by atoms with van der Waals surface area (Å²) < 4.78 is 63.4. The number of rotatable bonds is 3. The Kier molecular flexibility index (Phi) is 5.12. The second kappa shape index (κ2) is 7.52. The van der Waals surface area contributed by atoms with Gasteiger partial charge in [0.25, 0.3) is 5.92 Å². The lowest BCUT2D eigenvalue weighted by Gasteiger charge is -2.31. The highest BCUT2D eigenvalue weighted by Gasteiger charge is 2.52. The van der Waals surface area contributed by atoms with Crippen molar-refractivity contribution in [2.75, 3.05) is 0 Å². The Labute approximate surface area is 176 Å². The maximum Gasteiger partial charge on any atom is 0.303 e. The first-order chi connectivity index (χ1) is 14.7. The average Bonchev–Trinajstić information content (AvgIpc) is 2.97. The highest BCUT2D eigenvalue weighted by Crippen LogP contribution is 2.52. The van der Waals surface area contributed by atoms with E-state index in [1.54, 1.807) is 12.1 Å². The van der Waals surface area contributed by atoms with E-state index in [2.05, 4.69) is 6.58 Å². The third kappa shape index (κ3) is 3.40. The zero-order chi connectivity index (χ0) is 22.5. The molecule has 0 saturated heterocycles. The van der Waals surface area contributed by atoms with E-state index < -0.39 is 42.3 Å². The minimum absolute atomic E-state index is 0.00908. The first kappa shape index (κ1) is 21.1. The molecule has 0 aromatic heterocycles. The zero-order valence-electron chi connectivity index (χ0n) is 16.7. The van der Waals surface area contributed by atoms with Crippen molar-refractivity contribution < 1.29 is 27.1 Å². The largest absolute Gasteiger partial charge is 0.451 e. The Morgan fingerprint density at radius 3 is 2.65 bits per heavy atom. The Morgan fingerprint density at radius 2 is 2.00 bits per heavy atom. The van der Waals surface area contributed by atoms with Gasteiger partial charge in [-0.1, -0.05) is 24.8 Å². The SMILES string of the molecule is C=Cc1ccc([C@H]2CC[C@H](F)c3cc(F)cc(C#N)c32)c2c1[C@H](OC(C)=O)C(F)(F)C2. The van der Waals surface area contributed by atoms with Gasteiger partial charge in [-0.15, -0.1) is 0 Å². The van der Waals surface area contributed by atoms with Gasteiger partial charge in [0.05, 0.1) is 11.6 Å². The third-order valence-corrected chi connectivity index (χ3v) is 6.06. The van der Waals surface area contributed by atoms with Gasteiger partial charge in [-0.05, 0) is 52.8 Å². The van der Waals surface area contributed by atoms with E-state index in [4.69, 9.17) is 4.74 Å². The zero-order valence-corrected chi connectivity index (χ0v) is 16.7. The fourth-order valence-corrected chi connectivity index (χ4v) is 4.87. The number of fused-ring (bicyclic) bond motifs is 2. The van der Waals surface area contributed by atoms with Gasteiger partial charge in [-0.3, -0.25) is 4.79 Å². The number of hydrogen-bond acceptors (Lipinski definition) is 3. The van der Waals surface area contributed by atoms with E-state index in [0.717, 1.165) is 19.1 Å². The van der Waals surface area contributed by atoms with Crippen molar-refractivity contribution in [1.82, 2.24) is 0 Å². The molecule has 0 saturated carbocycles. The van der Waals surface area contributed by atoms with Gasteiger partial charge >= 0.3 is 5.97 Å². The van der Waals surface area contributed by atoms with Crippen LogP contribution in [0.15, 0.2) is 30.8 Å². The summed E-state index contributed by atoms with van der Waals surface area (Å²) >= 11 is 0. The standard InChI is InChI=1S/C24H19F4NO2/c1-3-13-4-5-16(19-10-24(27,28)23(22(13)19)31-12(2)30)17-6-7-20(26)18-9-15(25)8-14(11-29)21(17)18/h3-5,8-9,17,20,23H,1,6-7,10H2,2H3/t17-,20+,23+/m1/s1. The summed E-state index contributed by atoms with van der Waals surface area (Å²) in [5.41, 5.74) is 1.80. The second-order valence-corrected chi connectivity index (χ2v) is 7.93. The molecule has 0 unspecified atom stereocenters. The highest BCUT2D eigenvalue weighted by molar-refractivity contribution is 5.68. The van der Waals surface area contributed by atoms with E-state index in [9.17, 15) is 27.6 Å². The van der Waals surface area contributed by atoms with Gasteiger partial charge in [0.1, 0.15) is 12.0 Å². The monoisotopic (exact) mass is 429 g/mol. The summed E-state index contributed by atoms with van der Waals surface area (Å²) in [5.74, 6) is -5.43. The smallest absolute Gasteiger partial charge is 0.303 e. The first-order valence-corrected chi connectivity index (χ1v) is 9.88. The van der Waals surface area contributed by atoms with Crippen LogP contribution in [0.2, 0.25) is 0 Å². The number of carbonyl (C=O) groups is 1. The van der Waals surface area contributed by atoms with Crippen molar-refractivity contribution in [3.05, 3.63) is 75.6 Å². The molecular weight excluding hydrogens is 410 g/mol. The molecule has 2 aromatic carbocycles. The lowest BCUT2D eigenvalue weighted by atomic mass is 9.74. The van der Waals surface area contributed by atoms with E-state index >= 15 is 0 Å². The molecule has 7 heteroatoms. The molecule has 3 atom stereocenters. The van der Waals surface area contributed by atoms with Gasteiger partial charge in [-0.25, -0.2) is 17.6 Å². The molecule has 0 radical (unpaired) electrons. The van der Waals surface area contributed by atoms with Crippen LogP contribution < -0.4 is 0 Å². The lowest BCUT2D eigenvalue weighted by Crippen LogP contribution is -2.26. The highest BCUT2D eigenvalue weighted by atomic mass is 19.3. The van der Waals surface area contributed by atoms with Crippen molar-refractivity contribution >= 4 is 12.0 Å². The number of nitriles is 1. The number of nitrogens with zero attached hydrogens (tertiary/aromatic N) is 1. The molecule has 31 heavy (non-hydrogen) atoms. The van der Waals surface area contributed by atoms with Crippen LogP contribution in [0.3, 0.4) is 0 Å². The van der Waals surface area contributed by atoms with E-state index in [1.807, 2.05) is 6.07 Å². The second-order valence-electron chi connectivity index (χ2n) is 7.93. The maximum absolute atomic E-state index is 14.9. The third-order valence-electron chi connectivity index (χ3n) is 6.06. The Balaban J connectivity index is 1.95. The average molecular weight is 429 g/mol. The number of benzene rings is 2. The van der Waals surface area contributed by atoms with Gasteiger partial charge in [0.2, 0.25) is 0 Å². The molecule has 0 bridgehead atoms. The fourth-order valence-electron chi connectivity index (χ4n) is 4.87. The molecule has 0 N–H and O–H groups in total. The van der Waals surface area contributed by atoms with Crippen LogP contribution in [0.5, 0.6) is 0 Å². The first-order valence-electron chi connectivity index (χ1n) is 9.88. The van der Waals surface area contributed by atoms with Crippen LogP contribution in [0.4, 0.5) is 17.6 Å². The molecule has 0 fully saturated rings. The number of alkyl halides is 3. The van der Waals surface area contributed by atoms with Gasteiger partial charge < -0.3 is 4.74 Å². The topological polar surface area (TPSA) is 50.1 Å². The molecule has 2 aliphatic rings. The minimum atomic E-state index is -3.33. The molecule has 0 spiro atoms. The predicted molar refractivity (Wildman–Crippen MR) is 106 cm³/mol. The molecule has 3 nitrogen and oxygen atoms in total. The molecule has 2 aromatic rings. The maximum atomic E-state index is 14.9. The lowest BCUT2D eigenvalue weighted by molar-refractivity contribution is -0.168. The van der Waals surface area contributed by atoms with E-state index in [0.29, 0.717) is 22.3 Å². The van der Waals surface area contributed by atoms with Crippen LogP contribution in [0.1, 0.15) is 76.9 Å². The minimum Gasteiger partial charge on any atom is -0.451 e. The Bertz CT molecular complexity index is 1140. The molecule has 2 aliphatic carbocycles. The van der Waals surface area contributed by atoms with Crippen molar-refractivity contribution in [3.8, 4) is 6.07 Å². The van der Waals surface area contributed by atoms with Gasteiger partial charge in [-0.2, -0.15) is 5.26 Å². The number of carbonyl (C=O) groups excluding carboxylic acids is 1. The van der Waals surface area contributed by atoms with E-state index in [1.165, 1.54) is 6.08 Å². The normalized spacial score (nSPS) is 23.4. The Hall–Kier alpha value is -3.14. The molecule has 0 aliphatic heterocycles. The summed E-state index contributed by atoms with van der Waals surface area (Å²) in [7, 11) is 0. The van der Waals surface area contributed by atoms with E-state index in [-0.39, 0.29) is 29.5 Å². The summed E-state index contributed by atoms with van der Waals surface area (Å²) in [6.45, 7) is 4.74. The molecule has 160 valence electrons.